The molecular weight excluding hydrogens is 178 g/mol. The van der Waals surface area contributed by atoms with Gasteiger partial charge in [-0.3, -0.25) is 0 Å². The van der Waals surface area contributed by atoms with Crippen molar-refractivity contribution < 1.29 is 9.15 Å². The lowest BCUT2D eigenvalue weighted by Gasteiger charge is -1.99. The van der Waals surface area contributed by atoms with Crippen molar-refractivity contribution in [2.24, 2.45) is 5.73 Å². The molecule has 78 valence electrons. The quantitative estimate of drug-likeness (QED) is 0.536. The standard InChI is InChI=1S/C11H17NO2/c1-2-3-4-5-13-9-11-6-10(7-12)8-14-11/h2,6,8H,1,3-5,7,9,12H2. The van der Waals surface area contributed by atoms with Gasteiger partial charge in [0.15, 0.2) is 0 Å². The summed E-state index contributed by atoms with van der Waals surface area (Å²) in [6.45, 7) is 5.42. The molecular formula is C11H17NO2. The second-order valence-corrected chi connectivity index (χ2v) is 3.11. The molecule has 1 aromatic heterocycles. The Labute approximate surface area is 84.5 Å². The molecule has 0 bridgehead atoms. The second kappa shape index (κ2) is 6.40. The zero-order valence-electron chi connectivity index (χ0n) is 8.37. The van der Waals surface area contributed by atoms with Crippen molar-refractivity contribution in [2.45, 2.75) is 26.0 Å². The van der Waals surface area contributed by atoms with Crippen LogP contribution in [-0.4, -0.2) is 6.61 Å². The summed E-state index contributed by atoms with van der Waals surface area (Å²) in [4.78, 5) is 0. The number of rotatable bonds is 7. The molecule has 0 spiro atoms. The molecule has 0 aliphatic carbocycles. The number of hydrogen-bond acceptors (Lipinski definition) is 3. The fourth-order valence-corrected chi connectivity index (χ4v) is 1.11. The Bertz CT molecular complexity index is 268. The molecule has 14 heavy (non-hydrogen) atoms. The van der Waals surface area contributed by atoms with Gasteiger partial charge in [-0.1, -0.05) is 6.08 Å². The Morgan fingerprint density at radius 2 is 2.43 bits per heavy atom. The van der Waals surface area contributed by atoms with E-state index in [-0.39, 0.29) is 0 Å². The Kier molecular flexibility index (Phi) is 5.04. The lowest BCUT2D eigenvalue weighted by molar-refractivity contribution is 0.104. The van der Waals surface area contributed by atoms with Crippen LogP contribution in [0.2, 0.25) is 0 Å². The van der Waals surface area contributed by atoms with Crippen molar-refractivity contribution in [3.05, 3.63) is 36.3 Å². The highest BCUT2D eigenvalue weighted by molar-refractivity contribution is 5.11. The lowest BCUT2D eigenvalue weighted by Crippen LogP contribution is -1.95. The second-order valence-electron chi connectivity index (χ2n) is 3.11. The predicted molar refractivity (Wildman–Crippen MR) is 55.7 cm³/mol. The van der Waals surface area contributed by atoms with E-state index in [1.54, 1.807) is 6.26 Å². The predicted octanol–water partition coefficient (Wildman–Crippen LogP) is 2.22. The normalized spacial score (nSPS) is 10.4. The smallest absolute Gasteiger partial charge is 0.129 e. The van der Waals surface area contributed by atoms with Crippen molar-refractivity contribution in [2.75, 3.05) is 6.61 Å². The fraction of sp³-hybridized carbons (Fsp3) is 0.455. The van der Waals surface area contributed by atoms with Crippen LogP contribution in [0.4, 0.5) is 0 Å². The molecule has 1 rings (SSSR count). The first kappa shape index (κ1) is 11.0. The number of furan rings is 1. The monoisotopic (exact) mass is 195 g/mol. The molecule has 0 saturated carbocycles. The summed E-state index contributed by atoms with van der Waals surface area (Å²) in [5, 5.41) is 0. The maximum atomic E-state index is 5.45. The molecule has 3 nitrogen and oxygen atoms in total. The third-order valence-electron chi connectivity index (χ3n) is 1.89. The maximum absolute atomic E-state index is 5.45. The van der Waals surface area contributed by atoms with Gasteiger partial charge in [0.1, 0.15) is 12.4 Å². The summed E-state index contributed by atoms with van der Waals surface area (Å²) in [7, 11) is 0. The van der Waals surface area contributed by atoms with Crippen molar-refractivity contribution in [3.8, 4) is 0 Å². The van der Waals surface area contributed by atoms with E-state index in [1.807, 2.05) is 12.1 Å². The Morgan fingerprint density at radius 3 is 3.07 bits per heavy atom. The molecule has 0 aliphatic rings. The van der Waals surface area contributed by atoms with E-state index >= 15 is 0 Å². The minimum Gasteiger partial charge on any atom is -0.467 e. The topological polar surface area (TPSA) is 48.4 Å². The van der Waals surface area contributed by atoms with Crippen molar-refractivity contribution in [1.29, 1.82) is 0 Å². The molecule has 0 unspecified atom stereocenters. The van der Waals surface area contributed by atoms with Crippen LogP contribution in [0.25, 0.3) is 0 Å². The van der Waals surface area contributed by atoms with E-state index in [0.29, 0.717) is 13.2 Å². The number of unbranched alkanes of at least 4 members (excludes halogenated alkanes) is 1. The van der Waals surface area contributed by atoms with Gasteiger partial charge in [0.2, 0.25) is 0 Å². The van der Waals surface area contributed by atoms with Gasteiger partial charge < -0.3 is 14.9 Å². The summed E-state index contributed by atoms with van der Waals surface area (Å²) in [6.07, 6.45) is 5.56. The average molecular weight is 195 g/mol. The molecule has 2 N–H and O–H groups in total. The third-order valence-corrected chi connectivity index (χ3v) is 1.89. The molecule has 3 heteroatoms. The van der Waals surface area contributed by atoms with E-state index in [4.69, 9.17) is 14.9 Å². The number of ether oxygens (including phenoxy) is 1. The van der Waals surface area contributed by atoms with Gasteiger partial charge >= 0.3 is 0 Å². The summed E-state index contributed by atoms with van der Waals surface area (Å²) < 4.78 is 10.6. The minimum absolute atomic E-state index is 0.514. The number of hydrogen-bond donors (Lipinski definition) is 1. The highest BCUT2D eigenvalue weighted by Gasteiger charge is 1.99. The van der Waals surface area contributed by atoms with Crippen LogP contribution in [0.1, 0.15) is 24.2 Å². The van der Waals surface area contributed by atoms with Crippen molar-refractivity contribution >= 4 is 0 Å². The molecule has 0 fully saturated rings. The van der Waals surface area contributed by atoms with Gasteiger partial charge in [0.05, 0.1) is 6.26 Å². The van der Waals surface area contributed by atoms with Gasteiger partial charge in [-0.05, 0) is 18.9 Å². The summed E-state index contributed by atoms with van der Waals surface area (Å²) >= 11 is 0. The molecule has 0 aliphatic heterocycles. The Balaban J connectivity index is 2.14. The molecule has 0 atom stereocenters. The van der Waals surface area contributed by atoms with Gasteiger partial charge in [-0.15, -0.1) is 6.58 Å². The van der Waals surface area contributed by atoms with Crippen LogP contribution < -0.4 is 5.73 Å². The van der Waals surface area contributed by atoms with Gasteiger partial charge in [0.25, 0.3) is 0 Å². The highest BCUT2D eigenvalue weighted by atomic mass is 16.5. The highest BCUT2D eigenvalue weighted by Crippen LogP contribution is 2.08. The third kappa shape index (κ3) is 3.77. The van der Waals surface area contributed by atoms with Gasteiger partial charge in [-0.2, -0.15) is 0 Å². The zero-order chi connectivity index (χ0) is 10.2. The zero-order valence-corrected chi connectivity index (χ0v) is 8.37. The Hall–Kier alpha value is -1.06. The lowest BCUT2D eigenvalue weighted by atomic mass is 10.3. The summed E-state index contributed by atoms with van der Waals surface area (Å²) in [5.41, 5.74) is 6.45. The molecule has 1 heterocycles. The first-order chi connectivity index (χ1) is 6.86. The first-order valence-corrected chi connectivity index (χ1v) is 4.82. The van der Waals surface area contributed by atoms with Crippen LogP contribution in [0, 0.1) is 0 Å². The van der Waals surface area contributed by atoms with Crippen LogP contribution in [0.3, 0.4) is 0 Å². The molecule has 0 aromatic carbocycles. The summed E-state index contributed by atoms with van der Waals surface area (Å²) in [5.74, 6) is 0.837. The van der Waals surface area contributed by atoms with E-state index in [9.17, 15) is 0 Å². The largest absolute Gasteiger partial charge is 0.467 e. The molecule has 0 amide bonds. The van der Waals surface area contributed by atoms with E-state index in [1.165, 1.54) is 0 Å². The van der Waals surface area contributed by atoms with Crippen LogP contribution in [0.15, 0.2) is 29.4 Å². The first-order valence-electron chi connectivity index (χ1n) is 4.82. The van der Waals surface area contributed by atoms with Crippen molar-refractivity contribution in [3.63, 3.8) is 0 Å². The number of nitrogens with two attached hydrogens (primary N) is 1. The average Bonchev–Trinajstić information content (AvgIpc) is 2.65. The maximum Gasteiger partial charge on any atom is 0.129 e. The fourth-order valence-electron chi connectivity index (χ4n) is 1.11. The van der Waals surface area contributed by atoms with Crippen LogP contribution in [-0.2, 0) is 17.9 Å². The Morgan fingerprint density at radius 1 is 1.57 bits per heavy atom. The van der Waals surface area contributed by atoms with Crippen LogP contribution in [0.5, 0.6) is 0 Å². The molecule has 1 aromatic rings. The summed E-state index contributed by atoms with van der Waals surface area (Å²) in [6, 6.07) is 1.92. The van der Waals surface area contributed by atoms with E-state index in [2.05, 4.69) is 6.58 Å². The van der Waals surface area contributed by atoms with Crippen LogP contribution >= 0.6 is 0 Å². The SMILES string of the molecule is C=CCCCOCc1cc(CN)co1. The number of allylic oxidation sites excluding steroid dienone is 1. The minimum atomic E-state index is 0.514. The molecule has 0 radical (unpaired) electrons. The van der Waals surface area contributed by atoms with Crippen molar-refractivity contribution in [1.82, 2.24) is 0 Å². The van der Waals surface area contributed by atoms with E-state index < -0.39 is 0 Å². The molecule has 0 saturated heterocycles. The van der Waals surface area contributed by atoms with Gasteiger partial charge in [-0.25, -0.2) is 0 Å². The van der Waals surface area contributed by atoms with Gasteiger partial charge in [0, 0.05) is 18.7 Å². The van der Waals surface area contributed by atoms with E-state index in [0.717, 1.165) is 30.8 Å².